The van der Waals surface area contributed by atoms with Crippen LogP contribution >= 0.6 is 0 Å². The summed E-state index contributed by atoms with van der Waals surface area (Å²) < 4.78 is 4.86. The molecule has 5 nitrogen and oxygen atoms in total. The van der Waals surface area contributed by atoms with Gasteiger partial charge in [-0.15, -0.1) is 0 Å². The van der Waals surface area contributed by atoms with Gasteiger partial charge in [0.05, 0.1) is 0 Å². The normalized spacial score (nSPS) is 11.4. The van der Waals surface area contributed by atoms with Crippen LogP contribution in [-0.2, 0) is 4.74 Å². The van der Waals surface area contributed by atoms with E-state index in [2.05, 4.69) is 17.6 Å². The van der Waals surface area contributed by atoms with Crippen molar-refractivity contribution < 1.29 is 9.53 Å². The van der Waals surface area contributed by atoms with Gasteiger partial charge in [0.1, 0.15) is 6.61 Å². The van der Waals surface area contributed by atoms with Crippen LogP contribution in [-0.4, -0.2) is 39.9 Å². The Labute approximate surface area is 85.4 Å². The van der Waals surface area contributed by atoms with Crippen LogP contribution < -0.4 is 16.4 Å². The van der Waals surface area contributed by atoms with E-state index in [4.69, 9.17) is 10.5 Å². The summed E-state index contributed by atoms with van der Waals surface area (Å²) in [5.41, 5.74) is 4.87. The fraction of sp³-hybridized carbons (Fsp3) is 0.889. The number of nitrogens with two attached hydrogens (primary N) is 1. The lowest BCUT2D eigenvalue weighted by Crippen LogP contribution is -2.44. The lowest BCUT2D eigenvalue weighted by molar-refractivity contribution is 0.0853. The van der Waals surface area contributed by atoms with E-state index in [1.807, 2.05) is 14.1 Å². The van der Waals surface area contributed by atoms with E-state index in [9.17, 15) is 4.79 Å². The van der Waals surface area contributed by atoms with Crippen LogP contribution in [0.5, 0.6) is 0 Å². The highest BCUT2D eigenvalue weighted by Crippen LogP contribution is 2.20. The van der Waals surface area contributed by atoms with Crippen molar-refractivity contribution in [3.8, 4) is 0 Å². The fourth-order valence-corrected chi connectivity index (χ4v) is 1.49. The first-order valence-corrected chi connectivity index (χ1v) is 4.81. The van der Waals surface area contributed by atoms with E-state index in [0.717, 1.165) is 19.5 Å². The summed E-state index contributed by atoms with van der Waals surface area (Å²) in [5, 5.41) is 6.19. The Hall–Kier alpha value is -0.810. The molecule has 0 aromatic rings. The highest BCUT2D eigenvalue weighted by molar-refractivity contribution is 5.64. The molecule has 0 unspecified atom stereocenters. The summed E-state index contributed by atoms with van der Waals surface area (Å²) in [5.74, 6) is 0. The molecule has 0 rings (SSSR count). The molecule has 4 N–H and O–H groups in total. The SMILES string of the molecule is CCC(CNC)(CNC)COC(N)=O. The molecule has 0 fully saturated rings. The Morgan fingerprint density at radius 2 is 1.86 bits per heavy atom. The minimum absolute atomic E-state index is 0.0709. The highest BCUT2D eigenvalue weighted by atomic mass is 16.5. The van der Waals surface area contributed by atoms with Gasteiger partial charge in [-0.3, -0.25) is 0 Å². The topological polar surface area (TPSA) is 76.4 Å². The highest BCUT2D eigenvalue weighted by Gasteiger charge is 2.28. The zero-order valence-corrected chi connectivity index (χ0v) is 9.22. The monoisotopic (exact) mass is 203 g/mol. The molecule has 0 aliphatic carbocycles. The Balaban J connectivity index is 4.24. The summed E-state index contributed by atoms with van der Waals surface area (Å²) in [6, 6.07) is 0. The maximum atomic E-state index is 10.5. The Kier molecular flexibility index (Phi) is 6.23. The van der Waals surface area contributed by atoms with Crippen LogP contribution in [0.25, 0.3) is 0 Å². The number of carbonyl (C=O) groups is 1. The summed E-state index contributed by atoms with van der Waals surface area (Å²) >= 11 is 0. The van der Waals surface area contributed by atoms with Crippen LogP contribution in [0, 0.1) is 5.41 Å². The van der Waals surface area contributed by atoms with E-state index in [-0.39, 0.29) is 5.41 Å². The number of amides is 1. The van der Waals surface area contributed by atoms with Crippen molar-refractivity contribution >= 4 is 6.09 Å². The number of carbonyl (C=O) groups excluding carboxylic acids is 1. The van der Waals surface area contributed by atoms with Gasteiger partial charge < -0.3 is 21.1 Å². The number of primary amides is 1. The Bertz CT molecular complexity index is 167. The van der Waals surface area contributed by atoms with Gasteiger partial charge in [-0.05, 0) is 20.5 Å². The predicted octanol–water partition coefficient (Wildman–Crippen LogP) is -0.0831. The molecular formula is C9H21N3O2. The molecule has 0 aliphatic heterocycles. The number of rotatable bonds is 7. The third kappa shape index (κ3) is 4.43. The largest absolute Gasteiger partial charge is 0.449 e. The van der Waals surface area contributed by atoms with Gasteiger partial charge >= 0.3 is 6.09 Å². The molecule has 0 radical (unpaired) electrons. The molecule has 0 bridgehead atoms. The van der Waals surface area contributed by atoms with Gasteiger partial charge in [0, 0.05) is 18.5 Å². The molecule has 84 valence electrons. The van der Waals surface area contributed by atoms with Crippen LogP contribution in [0.2, 0.25) is 0 Å². The first-order valence-electron chi connectivity index (χ1n) is 4.81. The lowest BCUT2D eigenvalue weighted by Gasteiger charge is -2.31. The summed E-state index contributed by atoms with van der Waals surface area (Å²) in [4.78, 5) is 10.5. The van der Waals surface area contributed by atoms with Crippen LogP contribution in [0.15, 0.2) is 0 Å². The first kappa shape index (κ1) is 13.2. The second-order valence-electron chi connectivity index (χ2n) is 3.52. The van der Waals surface area contributed by atoms with Gasteiger partial charge in [0.25, 0.3) is 0 Å². The molecule has 0 saturated heterocycles. The molecule has 0 aromatic heterocycles. The second-order valence-corrected chi connectivity index (χ2v) is 3.52. The van der Waals surface area contributed by atoms with E-state index < -0.39 is 6.09 Å². The number of ether oxygens (including phenoxy) is 1. The van der Waals surface area contributed by atoms with Gasteiger partial charge in [-0.1, -0.05) is 6.92 Å². The quantitative estimate of drug-likeness (QED) is 0.541. The molecule has 0 aromatic carbocycles. The summed E-state index contributed by atoms with van der Waals surface area (Å²) in [6.45, 7) is 3.99. The Morgan fingerprint density at radius 1 is 1.36 bits per heavy atom. The van der Waals surface area contributed by atoms with Crippen molar-refractivity contribution in [3.05, 3.63) is 0 Å². The molecule has 0 atom stereocenters. The average molecular weight is 203 g/mol. The predicted molar refractivity (Wildman–Crippen MR) is 56.1 cm³/mol. The van der Waals surface area contributed by atoms with E-state index in [1.54, 1.807) is 0 Å². The molecular weight excluding hydrogens is 182 g/mol. The zero-order valence-electron chi connectivity index (χ0n) is 9.22. The minimum Gasteiger partial charge on any atom is -0.449 e. The third-order valence-electron chi connectivity index (χ3n) is 2.37. The van der Waals surface area contributed by atoms with Crippen molar-refractivity contribution in [2.45, 2.75) is 13.3 Å². The number of hydrogen-bond donors (Lipinski definition) is 3. The molecule has 0 saturated carbocycles. The van der Waals surface area contributed by atoms with Crippen LogP contribution in [0.4, 0.5) is 4.79 Å². The van der Waals surface area contributed by atoms with E-state index in [0.29, 0.717) is 6.61 Å². The molecule has 0 aliphatic rings. The van der Waals surface area contributed by atoms with Crippen LogP contribution in [0.3, 0.4) is 0 Å². The van der Waals surface area contributed by atoms with Crippen molar-refractivity contribution in [3.63, 3.8) is 0 Å². The number of nitrogens with one attached hydrogen (secondary N) is 2. The maximum absolute atomic E-state index is 10.5. The van der Waals surface area contributed by atoms with Gasteiger partial charge in [0.15, 0.2) is 0 Å². The third-order valence-corrected chi connectivity index (χ3v) is 2.37. The van der Waals surface area contributed by atoms with Gasteiger partial charge in [-0.2, -0.15) is 0 Å². The average Bonchev–Trinajstić information content (AvgIpc) is 2.15. The van der Waals surface area contributed by atoms with E-state index >= 15 is 0 Å². The fourth-order valence-electron chi connectivity index (χ4n) is 1.49. The standard InChI is InChI=1S/C9H21N3O2/c1-4-9(5-11-2,6-12-3)7-14-8(10)13/h11-12H,4-7H2,1-3H3,(H2,10,13). The van der Waals surface area contributed by atoms with Crippen molar-refractivity contribution in [2.24, 2.45) is 11.1 Å². The maximum Gasteiger partial charge on any atom is 0.404 e. The second kappa shape index (κ2) is 6.62. The number of hydrogen-bond acceptors (Lipinski definition) is 4. The summed E-state index contributed by atoms with van der Waals surface area (Å²) in [6.07, 6.45) is 0.206. The van der Waals surface area contributed by atoms with Crippen molar-refractivity contribution in [2.75, 3.05) is 33.8 Å². The Morgan fingerprint density at radius 3 is 2.14 bits per heavy atom. The molecule has 0 spiro atoms. The zero-order chi connectivity index (χ0) is 11.0. The smallest absolute Gasteiger partial charge is 0.404 e. The van der Waals surface area contributed by atoms with E-state index in [1.165, 1.54) is 0 Å². The molecule has 5 heteroatoms. The minimum atomic E-state index is -0.713. The lowest BCUT2D eigenvalue weighted by atomic mass is 9.86. The van der Waals surface area contributed by atoms with Gasteiger partial charge in [0.2, 0.25) is 0 Å². The van der Waals surface area contributed by atoms with Gasteiger partial charge in [-0.25, -0.2) is 4.79 Å². The molecule has 1 amide bonds. The van der Waals surface area contributed by atoms with Crippen molar-refractivity contribution in [1.29, 1.82) is 0 Å². The van der Waals surface area contributed by atoms with Crippen LogP contribution in [0.1, 0.15) is 13.3 Å². The first-order chi connectivity index (χ1) is 6.60. The molecule has 14 heavy (non-hydrogen) atoms. The summed E-state index contributed by atoms with van der Waals surface area (Å²) in [7, 11) is 3.76. The molecule has 0 heterocycles. The van der Waals surface area contributed by atoms with Crippen molar-refractivity contribution in [1.82, 2.24) is 10.6 Å².